The monoisotopic (exact) mass is 291 g/mol. The Morgan fingerprint density at radius 2 is 2.24 bits per heavy atom. The second kappa shape index (κ2) is 6.95. The molecule has 0 aromatic heterocycles. The molecule has 2 aliphatic rings. The van der Waals surface area contributed by atoms with Crippen LogP contribution < -0.4 is 10.6 Å². The molecule has 0 radical (unpaired) electrons. The Morgan fingerprint density at radius 1 is 1.52 bits per heavy atom. The highest BCUT2D eigenvalue weighted by Gasteiger charge is 2.39. The van der Waals surface area contributed by atoms with Gasteiger partial charge < -0.3 is 15.5 Å². The number of terminal acetylenes is 1. The van der Waals surface area contributed by atoms with E-state index in [-0.39, 0.29) is 17.9 Å². The summed E-state index contributed by atoms with van der Waals surface area (Å²) in [4.78, 5) is 26.3. The number of carbonyl (C=O) groups excluding carboxylic acids is 2. The van der Waals surface area contributed by atoms with Crippen LogP contribution in [-0.2, 0) is 9.59 Å². The summed E-state index contributed by atoms with van der Waals surface area (Å²) in [6.45, 7) is 5.37. The molecule has 0 aromatic carbocycles. The number of hydrogen-bond acceptors (Lipinski definition) is 3. The molecule has 2 fully saturated rings. The Morgan fingerprint density at radius 3 is 2.86 bits per heavy atom. The third-order valence-electron chi connectivity index (χ3n) is 4.59. The fourth-order valence-electron chi connectivity index (χ4n) is 3.06. The molecule has 2 rings (SSSR count). The molecular weight excluding hydrogens is 266 g/mol. The Labute approximate surface area is 126 Å². The number of amides is 2. The molecule has 5 nitrogen and oxygen atoms in total. The van der Waals surface area contributed by atoms with Crippen LogP contribution in [0.3, 0.4) is 0 Å². The van der Waals surface area contributed by atoms with Gasteiger partial charge in [0.2, 0.25) is 11.8 Å². The third-order valence-corrected chi connectivity index (χ3v) is 4.59. The Balaban J connectivity index is 1.79. The van der Waals surface area contributed by atoms with Crippen molar-refractivity contribution < 1.29 is 9.59 Å². The number of nitrogens with one attached hydrogen (secondary N) is 2. The third kappa shape index (κ3) is 4.21. The molecule has 2 N–H and O–H groups in total. The van der Waals surface area contributed by atoms with E-state index in [0.29, 0.717) is 19.4 Å². The van der Waals surface area contributed by atoms with Crippen molar-refractivity contribution in [3.05, 3.63) is 0 Å². The van der Waals surface area contributed by atoms with E-state index in [2.05, 4.69) is 21.5 Å². The molecule has 0 bridgehead atoms. The number of piperidine rings is 2. The topological polar surface area (TPSA) is 61.4 Å². The molecule has 0 aliphatic carbocycles. The minimum atomic E-state index is -0.553. The summed E-state index contributed by atoms with van der Waals surface area (Å²) in [5.41, 5.74) is -0.553. The quantitative estimate of drug-likeness (QED) is 0.742. The summed E-state index contributed by atoms with van der Waals surface area (Å²) >= 11 is 0. The lowest BCUT2D eigenvalue weighted by molar-refractivity contribution is -0.139. The summed E-state index contributed by atoms with van der Waals surface area (Å²) in [7, 11) is 0. The second-order valence-electron chi connectivity index (χ2n) is 6.38. The van der Waals surface area contributed by atoms with E-state index in [1.165, 1.54) is 0 Å². The molecule has 2 heterocycles. The van der Waals surface area contributed by atoms with E-state index >= 15 is 0 Å². The van der Waals surface area contributed by atoms with Crippen LogP contribution in [0.1, 0.15) is 39.0 Å². The van der Waals surface area contributed by atoms with Crippen molar-refractivity contribution >= 4 is 11.8 Å². The first-order chi connectivity index (χ1) is 10.0. The van der Waals surface area contributed by atoms with Gasteiger partial charge in [-0.3, -0.25) is 9.59 Å². The molecule has 2 aliphatic heterocycles. The Kier molecular flexibility index (Phi) is 5.24. The van der Waals surface area contributed by atoms with Gasteiger partial charge in [-0.15, -0.1) is 12.3 Å². The van der Waals surface area contributed by atoms with Crippen LogP contribution in [0.5, 0.6) is 0 Å². The van der Waals surface area contributed by atoms with Crippen molar-refractivity contribution in [2.75, 3.05) is 26.2 Å². The first-order valence-corrected chi connectivity index (χ1v) is 7.77. The lowest BCUT2D eigenvalue weighted by Crippen LogP contribution is -2.52. The SMILES string of the molecule is C#CCCN1CCC(NC(=O)C2(C)CCNC(=O)C2)CC1. The van der Waals surface area contributed by atoms with Crippen molar-refractivity contribution in [2.45, 2.75) is 45.1 Å². The zero-order valence-corrected chi connectivity index (χ0v) is 12.8. The molecule has 116 valence electrons. The molecule has 0 saturated carbocycles. The Hall–Kier alpha value is -1.54. The van der Waals surface area contributed by atoms with Crippen molar-refractivity contribution in [1.82, 2.24) is 15.5 Å². The predicted octanol–water partition coefficient (Wildman–Crippen LogP) is 0.507. The van der Waals surface area contributed by atoms with Crippen LogP contribution in [-0.4, -0.2) is 48.9 Å². The van der Waals surface area contributed by atoms with Gasteiger partial charge in [-0.25, -0.2) is 0 Å². The highest BCUT2D eigenvalue weighted by molar-refractivity contribution is 5.89. The predicted molar refractivity (Wildman–Crippen MR) is 81.4 cm³/mol. The summed E-state index contributed by atoms with van der Waals surface area (Å²) in [6.07, 6.45) is 8.98. The van der Waals surface area contributed by atoms with Crippen molar-refractivity contribution in [3.63, 3.8) is 0 Å². The molecule has 2 amide bonds. The van der Waals surface area contributed by atoms with E-state index in [1.807, 2.05) is 6.92 Å². The molecule has 0 spiro atoms. The van der Waals surface area contributed by atoms with E-state index in [1.54, 1.807) is 0 Å². The smallest absolute Gasteiger partial charge is 0.226 e. The number of likely N-dealkylation sites (tertiary alicyclic amines) is 1. The van der Waals surface area contributed by atoms with Crippen molar-refractivity contribution in [2.24, 2.45) is 5.41 Å². The van der Waals surface area contributed by atoms with E-state index < -0.39 is 5.41 Å². The van der Waals surface area contributed by atoms with Gasteiger partial charge in [0, 0.05) is 45.1 Å². The maximum atomic E-state index is 12.5. The zero-order chi connectivity index (χ0) is 15.3. The fourth-order valence-corrected chi connectivity index (χ4v) is 3.06. The van der Waals surface area contributed by atoms with Gasteiger partial charge in [0.25, 0.3) is 0 Å². The highest BCUT2D eigenvalue weighted by Crippen LogP contribution is 2.29. The summed E-state index contributed by atoms with van der Waals surface area (Å²) < 4.78 is 0. The van der Waals surface area contributed by atoms with Gasteiger partial charge in [-0.2, -0.15) is 0 Å². The first kappa shape index (κ1) is 15.8. The lowest BCUT2D eigenvalue weighted by atomic mass is 9.79. The molecular formula is C16H25N3O2. The average molecular weight is 291 g/mol. The lowest BCUT2D eigenvalue weighted by Gasteiger charge is -2.36. The van der Waals surface area contributed by atoms with Crippen LogP contribution in [0.2, 0.25) is 0 Å². The number of hydrogen-bond donors (Lipinski definition) is 2. The molecule has 1 unspecified atom stereocenters. The summed E-state index contributed by atoms with van der Waals surface area (Å²) in [5.74, 6) is 2.66. The largest absolute Gasteiger partial charge is 0.356 e. The minimum absolute atomic E-state index is 0.0250. The first-order valence-electron chi connectivity index (χ1n) is 7.77. The summed E-state index contributed by atoms with van der Waals surface area (Å²) in [5, 5.41) is 5.92. The fraction of sp³-hybridized carbons (Fsp3) is 0.750. The Bertz CT molecular complexity index is 435. The zero-order valence-electron chi connectivity index (χ0n) is 12.8. The molecule has 1 atom stereocenters. The van der Waals surface area contributed by atoms with E-state index in [0.717, 1.165) is 38.9 Å². The van der Waals surface area contributed by atoms with Gasteiger partial charge in [0.15, 0.2) is 0 Å². The number of rotatable bonds is 4. The van der Waals surface area contributed by atoms with Gasteiger partial charge in [-0.1, -0.05) is 6.92 Å². The van der Waals surface area contributed by atoms with Crippen LogP contribution in [0.25, 0.3) is 0 Å². The van der Waals surface area contributed by atoms with Gasteiger partial charge in [-0.05, 0) is 19.3 Å². The van der Waals surface area contributed by atoms with Crippen molar-refractivity contribution in [1.29, 1.82) is 0 Å². The van der Waals surface area contributed by atoms with Gasteiger partial charge in [0.1, 0.15) is 0 Å². The van der Waals surface area contributed by atoms with E-state index in [4.69, 9.17) is 6.42 Å². The summed E-state index contributed by atoms with van der Waals surface area (Å²) in [6, 6.07) is 0.224. The van der Waals surface area contributed by atoms with Crippen LogP contribution in [0, 0.1) is 17.8 Å². The average Bonchev–Trinajstić information content (AvgIpc) is 2.46. The highest BCUT2D eigenvalue weighted by atomic mass is 16.2. The maximum Gasteiger partial charge on any atom is 0.226 e. The van der Waals surface area contributed by atoms with Crippen molar-refractivity contribution in [3.8, 4) is 12.3 Å². The maximum absolute atomic E-state index is 12.5. The minimum Gasteiger partial charge on any atom is -0.356 e. The molecule has 2 saturated heterocycles. The molecule has 21 heavy (non-hydrogen) atoms. The van der Waals surface area contributed by atoms with Crippen LogP contribution in [0.15, 0.2) is 0 Å². The number of carbonyl (C=O) groups is 2. The standard InChI is InChI=1S/C16H25N3O2/c1-3-4-9-19-10-5-13(6-11-19)18-15(21)16(2)7-8-17-14(20)12-16/h1,13H,4-12H2,2H3,(H,17,20)(H,18,21). The van der Waals surface area contributed by atoms with Gasteiger partial charge in [0.05, 0.1) is 5.41 Å². The normalized spacial score (nSPS) is 27.7. The second-order valence-corrected chi connectivity index (χ2v) is 6.38. The van der Waals surface area contributed by atoms with Crippen LogP contribution >= 0.6 is 0 Å². The molecule has 5 heteroatoms. The van der Waals surface area contributed by atoms with E-state index in [9.17, 15) is 9.59 Å². The number of nitrogens with zero attached hydrogens (tertiary/aromatic N) is 1. The van der Waals surface area contributed by atoms with Gasteiger partial charge >= 0.3 is 0 Å². The van der Waals surface area contributed by atoms with Crippen LogP contribution in [0.4, 0.5) is 0 Å². The molecule has 0 aromatic rings.